The van der Waals surface area contributed by atoms with E-state index >= 15 is 0 Å². The molecule has 0 amide bonds. The number of carbonyl (C=O) groups is 1. The number of benzene rings is 1. The molecule has 0 unspecified atom stereocenters. The summed E-state index contributed by atoms with van der Waals surface area (Å²) in [6.07, 6.45) is 0. The monoisotopic (exact) mass is 236 g/mol. The second kappa shape index (κ2) is 4.57. The fourth-order valence-corrected chi connectivity index (χ4v) is 2.20. The number of nitrogens with zero attached hydrogens (tertiary/aromatic N) is 1. The van der Waals surface area contributed by atoms with E-state index < -0.39 is 5.97 Å². The van der Waals surface area contributed by atoms with Gasteiger partial charge in [-0.1, -0.05) is 11.8 Å². The Morgan fingerprint density at radius 3 is 2.94 bits per heavy atom. The third kappa shape index (κ3) is 2.36. The lowest BCUT2D eigenvalue weighted by Gasteiger charge is -2.09. The average Bonchev–Trinajstić information content (AvgIpc) is 2.73. The zero-order chi connectivity index (χ0) is 11.5. The van der Waals surface area contributed by atoms with Gasteiger partial charge in [0.05, 0.1) is 12.1 Å². The van der Waals surface area contributed by atoms with Gasteiger partial charge in [-0.2, -0.15) is 0 Å². The molecule has 2 N–H and O–H groups in total. The first kappa shape index (κ1) is 11.0. The topological polar surface area (TPSA) is 61.7 Å². The van der Waals surface area contributed by atoms with Gasteiger partial charge in [0.2, 0.25) is 0 Å². The van der Waals surface area contributed by atoms with Gasteiger partial charge in [0, 0.05) is 11.4 Å². The maximum absolute atomic E-state index is 10.8. The quantitative estimate of drug-likeness (QED) is 0.826. The molecule has 0 saturated heterocycles. The van der Waals surface area contributed by atoms with Crippen molar-refractivity contribution in [1.82, 2.24) is 0 Å². The van der Waals surface area contributed by atoms with Crippen molar-refractivity contribution in [3.63, 3.8) is 0 Å². The molecule has 1 heterocycles. The van der Waals surface area contributed by atoms with Crippen molar-refractivity contribution in [3.05, 3.63) is 29.3 Å². The van der Waals surface area contributed by atoms with Crippen LogP contribution in [0.5, 0.6) is 0 Å². The fraction of sp³-hybridized carbons (Fsp3) is 0.273. The Hall–Kier alpha value is -1.49. The summed E-state index contributed by atoms with van der Waals surface area (Å²) in [6.45, 7) is 2.73. The molecule has 0 fully saturated rings. The Kier molecular flexibility index (Phi) is 3.14. The van der Waals surface area contributed by atoms with Crippen LogP contribution in [0.4, 0.5) is 5.69 Å². The van der Waals surface area contributed by atoms with Crippen LogP contribution in [0.2, 0.25) is 0 Å². The number of amidine groups is 1. The lowest BCUT2D eigenvalue weighted by atomic mass is 10.1. The third-order valence-corrected chi connectivity index (χ3v) is 3.19. The maximum Gasteiger partial charge on any atom is 0.335 e. The molecular formula is C11H12N2O2S. The van der Waals surface area contributed by atoms with Crippen molar-refractivity contribution in [2.24, 2.45) is 4.99 Å². The standard InChI is InChI=1S/C11H12N2O2S/c1-7-6-8(10(14)15)2-3-9(7)13-11-12-4-5-16-11/h2-3,6H,4-5H2,1H3,(H,12,13)(H,14,15). The molecule has 2 rings (SSSR count). The first-order chi connectivity index (χ1) is 7.66. The van der Waals surface area contributed by atoms with E-state index in [1.165, 1.54) is 0 Å². The van der Waals surface area contributed by atoms with Crippen molar-refractivity contribution in [2.45, 2.75) is 6.92 Å². The third-order valence-electron chi connectivity index (χ3n) is 2.30. The number of hydrogen-bond acceptors (Lipinski definition) is 4. The second-order valence-corrected chi connectivity index (χ2v) is 4.58. The molecule has 1 aliphatic heterocycles. The number of aryl methyl sites for hydroxylation is 1. The van der Waals surface area contributed by atoms with E-state index in [2.05, 4.69) is 10.3 Å². The summed E-state index contributed by atoms with van der Waals surface area (Å²) in [6, 6.07) is 5.03. The van der Waals surface area contributed by atoms with Crippen LogP contribution in [0.3, 0.4) is 0 Å². The summed E-state index contributed by atoms with van der Waals surface area (Å²) in [5.74, 6) is 0.108. The Bertz CT molecular complexity index is 457. The number of carboxylic acid groups (broad SMARTS) is 1. The van der Waals surface area contributed by atoms with Gasteiger partial charge < -0.3 is 10.4 Å². The smallest absolute Gasteiger partial charge is 0.335 e. The molecule has 84 valence electrons. The normalized spacial score (nSPS) is 14.7. The summed E-state index contributed by atoms with van der Waals surface area (Å²) >= 11 is 1.68. The molecule has 0 bridgehead atoms. The molecule has 0 atom stereocenters. The number of anilines is 1. The molecule has 0 spiro atoms. The number of aromatic carboxylic acids is 1. The number of aliphatic imine (C=N–C) groups is 1. The lowest BCUT2D eigenvalue weighted by molar-refractivity contribution is 0.0697. The van der Waals surface area contributed by atoms with Gasteiger partial charge in [-0.05, 0) is 30.7 Å². The highest BCUT2D eigenvalue weighted by Gasteiger charge is 2.10. The fourth-order valence-electron chi connectivity index (χ4n) is 1.46. The van der Waals surface area contributed by atoms with Gasteiger partial charge in [-0.15, -0.1) is 0 Å². The van der Waals surface area contributed by atoms with Gasteiger partial charge in [0.15, 0.2) is 5.17 Å². The van der Waals surface area contributed by atoms with Crippen molar-refractivity contribution in [2.75, 3.05) is 17.6 Å². The number of thioether (sulfide) groups is 1. The highest BCUT2D eigenvalue weighted by atomic mass is 32.2. The number of rotatable bonds is 2. The highest BCUT2D eigenvalue weighted by molar-refractivity contribution is 8.14. The molecule has 1 aromatic rings. The predicted octanol–water partition coefficient (Wildman–Crippen LogP) is 2.21. The zero-order valence-corrected chi connectivity index (χ0v) is 9.67. The molecule has 1 aliphatic rings. The van der Waals surface area contributed by atoms with Crippen LogP contribution >= 0.6 is 11.8 Å². The molecule has 16 heavy (non-hydrogen) atoms. The summed E-state index contributed by atoms with van der Waals surface area (Å²) in [5, 5.41) is 12.9. The van der Waals surface area contributed by atoms with E-state index in [1.807, 2.05) is 6.92 Å². The van der Waals surface area contributed by atoms with E-state index in [-0.39, 0.29) is 0 Å². The molecular weight excluding hydrogens is 224 g/mol. The van der Waals surface area contributed by atoms with Crippen LogP contribution in [0, 0.1) is 6.92 Å². The van der Waals surface area contributed by atoms with Crippen LogP contribution in [0.15, 0.2) is 23.2 Å². The van der Waals surface area contributed by atoms with Crippen LogP contribution in [0.25, 0.3) is 0 Å². The largest absolute Gasteiger partial charge is 0.478 e. The number of hydrogen-bond donors (Lipinski definition) is 2. The van der Waals surface area contributed by atoms with Gasteiger partial charge in [-0.25, -0.2) is 4.79 Å². The SMILES string of the molecule is Cc1cc(C(=O)O)ccc1NC1=NCCS1. The van der Waals surface area contributed by atoms with Crippen LogP contribution in [-0.2, 0) is 0 Å². The van der Waals surface area contributed by atoms with E-state index in [1.54, 1.807) is 30.0 Å². The molecule has 0 saturated carbocycles. The molecule has 5 heteroatoms. The van der Waals surface area contributed by atoms with Crippen molar-refractivity contribution < 1.29 is 9.90 Å². The van der Waals surface area contributed by atoms with E-state index in [4.69, 9.17) is 5.11 Å². The maximum atomic E-state index is 10.8. The van der Waals surface area contributed by atoms with Crippen molar-refractivity contribution >= 4 is 28.6 Å². The van der Waals surface area contributed by atoms with Gasteiger partial charge >= 0.3 is 5.97 Å². The van der Waals surface area contributed by atoms with E-state index in [0.29, 0.717) is 5.56 Å². The minimum Gasteiger partial charge on any atom is -0.478 e. The zero-order valence-electron chi connectivity index (χ0n) is 8.86. The number of nitrogens with one attached hydrogen (secondary N) is 1. The Morgan fingerprint density at radius 1 is 1.56 bits per heavy atom. The predicted molar refractivity (Wildman–Crippen MR) is 66.5 cm³/mol. The molecule has 0 aliphatic carbocycles. The Labute approximate surface area is 97.8 Å². The Balaban J connectivity index is 2.19. The first-order valence-corrected chi connectivity index (χ1v) is 5.93. The highest BCUT2D eigenvalue weighted by Crippen LogP contribution is 2.20. The van der Waals surface area contributed by atoms with Crippen molar-refractivity contribution in [3.8, 4) is 0 Å². The first-order valence-electron chi connectivity index (χ1n) is 4.95. The summed E-state index contributed by atoms with van der Waals surface area (Å²) in [4.78, 5) is 15.0. The summed E-state index contributed by atoms with van der Waals surface area (Å²) < 4.78 is 0. The minimum atomic E-state index is -0.901. The summed E-state index contributed by atoms with van der Waals surface area (Å²) in [7, 11) is 0. The second-order valence-electron chi connectivity index (χ2n) is 3.50. The van der Waals surface area contributed by atoms with E-state index in [0.717, 1.165) is 28.7 Å². The molecule has 0 aromatic heterocycles. The Morgan fingerprint density at radius 2 is 2.38 bits per heavy atom. The van der Waals surface area contributed by atoms with Crippen LogP contribution in [-0.4, -0.2) is 28.5 Å². The lowest BCUT2D eigenvalue weighted by Crippen LogP contribution is -2.07. The average molecular weight is 236 g/mol. The van der Waals surface area contributed by atoms with E-state index in [9.17, 15) is 4.79 Å². The van der Waals surface area contributed by atoms with Gasteiger partial charge in [0.1, 0.15) is 0 Å². The summed E-state index contributed by atoms with van der Waals surface area (Å²) in [5.41, 5.74) is 2.14. The van der Waals surface area contributed by atoms with Gasteiger partial charge in [-0.3, -0.25) is 4.99 Å². The molecule has 4 nitrogen and oxygen atoms in total. The molecule has 0 radical (unpaired) electrons. The van der Waals surface area contributed by atoms with Crippen LogP contribution in [0.1, 0.15) is 15.9 Å². The van der Waals surface area contributed by atoms with Crippen molar-refractivity contribution in [1.29, 1.82) is 0 Å². The molecule has 1 aromatic carbocycles. The number of carboxylic acids is 1. The van der Waals surface area contributed by atoms with Gasteiger partial charge in [0.25, 0.3) is 0 Å². The van der Waals surface area contributed by atoms with Crippen LogP contribution < -0.4 is 5.32 Å². The minimum absolute atomic E-state index is 0.309.